The van der Waals surface area contributed by atoms with E-state index < -0.39 is 0 Å². The van der Waals surface area contributed by atoms with E-state index in [-0.39, 0.29) is 7.12 Å². The van der Waals surface area contributed by atoms with Crippen molar-refractivity contribution < 1.29 is 9.31 Å². The maximum atomic E-state index is 5.06. The van der Waals surface area contributed by atoms with Crippen molar-refractivity contribution in [1.82, 2.24) is 0 Å². The predicted molar refractivity (Wildman–Crippen MR) is 48.7 cm³/mol. The van der Waals surface area contributed by atoms with Crippen molar-refractivity contribution in [3.8, 4) is 0 Å². The highest BCUT2D eigenvalue weighted by Crippen LogP contribution is 2.06. The highest BCUT2D eigenvalue weighted by atomic mass is 16.6. The summed E-state index contributed by atoms with van der Waals surface area (Å²) >= 11 is 0. The van der Waals surface area contributed by atoms with E-state index >= 15 is 0 Å². The molecule has 0 saturated carbocycles. The van der Waals surface area contributed by atoms with Gasteiger partial charge in [-0.2, -0.15) is 0 Å². The van der Waals surface area contributed by atoms with E-state index in [0.29, 0.717) is 0 Å². The van der Waals surface area contributed by atoms with Crippen LogP contribution in [0.1, 0.15) is 32.6 Å². The summed E-state index contributed by atoms with van der Waals surface area (Å²) in [6.07, 6.45) is 6.12. The second-order valence-electron chi connectivity index (χ2n) is 2.75. The van der Waals surface area contributed by atoms with Gasteiger partial charge in [0.25, 0.3) is 0 Å². The molecule has 0 atom stereocenters. The smallest absolute Gasteiger partial charge is 0.414 e. The van der Waals surface area contributed by atoms with E-state index in [9.17, 15) is 0 Å². The maximum Gasteiger partial charge on any atom is 0.456 e. The molecule has 66 valence electrons. The zero-order valence-corrected chi connectivity index (χ0v) is 7.93. The van der Waals surface area contributed by atoms with Crippen molar-refractivity contribution in [2.75, 3.05) is 14.2 Å². The van der Waals surface area contributed by atoms with Gasteiger partial charge in [-0.05, 0) is 6.32 Å². The van der Waals surface area contributed by atoms with Crippen LogP contribution in [-0.4, -0.2) is 21.3 Å². The molecule has 0 rings (SSSR count). The quantitative estimate of drug-likeness (QED) is 0.418. The monoisotopic (exact) mass is 158 g/mol. The Labute approximate surface area is 70.4 Å². The van der Waals surface area contributed by atoms with Gasteiger partial charge in [0, 0.05) is 14.2 Å². The minimum absolute atomic E-state index is 0.00635. The third-order valence-corrected chi connectivity index (χ3v) is 1.82. The molecule has 0 amide bonds. The van der Waals surface area contributed by atoms with Crippen molar-refractivity contribution in [1.29, 1.82) is 0 Å². The first-order valence-electron chi connectivity index (χ1n) is 4.40. The Morgan fingerprint density at radius 3 is 2.09 bits per heavy atom. The van der Waals surface area contributed by atoms with E-state index in [1.165, 1.54) is 25.7 Å². The van der Waals surface area contributed by atoms with Gasteiger partial charge < -0.3 is 9.31 Å². The SMILES string of the molecule is CCCCCCB(OC)OC. The summed E-state index contributed by atoms with van der Waals surface area (Å²) in [5, 5.41) is 0. The highest BCUT2D eigenvalue weighted by Gasteiger charge is 2.12. The number of hydrogen-bond acceptors (Lipinski definition) is 2. The third-order valence-electron chi connectivity index (χ3n) is 1.82. The van der Waals surface area contributed by atoms with Gasteiger partial charge in [-0.1, -0.05) is 32.6 Å². The molecule has 0 bridgehead atoms. The van der Waals surface area contributed by atoms with Gasteiger partial charge in [0.2, 0.25) is 0 Å². The molecule has 0 spiro atoms. The van der Waals surface area contributed by atoms with Crippen LogP contribution in [0, 0.1) is 0 Å². The molecule has 0 aliphatic rings. The summed E-state index contributed by atoms with van der Waals surface area (Å²) in [6.45, 7) is 2.21. The highest BCUT2D eigenvalue weighted by molar-refractivity contribution is 6.44. The molecule has 0 radical (unpaired) electrons. The minimum atomic E-state index is 0.00635. The van der Waals surface area contributed by atoms with E-state index in [1.807, 2.05) is 0 Å². The molecule has 0 aromatic carbocycles. The second-order valence-corrected chi connectivity index (χ2v) is 2.75. The normalized spacial score (nSPS) is 10.1. The summed E-state index contributed by atoms with van der Waals surface area (Å²) in [5.74, 6) is 0. The first-order chi connectivity index (χ1) is 5.35. The van der Waals surface area contributed by atoms with Crippen LogP contribution in [0.4, 0.5) is 0 Å². The summed E-state index contributed by atoms with van der Waals surface area (Å²) in [5.41, 5.74) is 0. The molecule has 0 saturated heterocycles. The Bertz CT molecular complexity index is 74.5. The van der Waals surface area contributed by atoms with Gasteiger partial charge in [-0.3, -0.25) is 0 Å². The molecule has 0 fully saturated rings. The molecule has 3 heteroatoms. The fourth-order valence-corrected chi connectivity index (χ4v) is 1.07. The van der Waals surface area contributed by atoms with E-state index in [1.54, 1.807) is 14.2 Å². The Morgan fingerprint density at radius 2 is 1.64 bits per heavy atom. The molecule has 0 aliphatic carbocycles. The van der Waals surface area contributed by atoms with Crippen LogP contribution < -0.4 is 0 Å². The predicted octanol–water partition coefficient (Wildman–Crippen LogP) is 2.35. The van der Waals surface area contributed by atoms with Gasteiger partial charge in [0.15, 0.2) is 0 Å². The van der Waals surface area contributed by atoms with E-state index in [4.69, 9.17) is 9.31 Å². The number of unbranched alkanes of at least 4 members (excludes halogenated alkanes) is 3. The lowest BCUT2D eigenvalue weighted by molar-refractivity contribution is 0.276. The van der Waals surface area contributed by atoms with Crippen molar-refractivity contribution in [3.05, 3.63) is 0 Å². The molecule has 0 unspecified atom stereocenters. The summed E-state index contributed by atoms with van der Waals surface area (Å²) in [6, 6.07) is 0. The van der Waals surface area contributed by atoms with Crippen molar-refractivity contribution >= 4 is 7.12 Å². The Kier molecular flexibility index (Phi) is 8.07. The molecular formula is C8H19BO2. The van der Waals surface area contributed by atoms with Crippen LogP contribution in [0.2, 0.25) is 6.32 Å². The van der Waals surface area contributed by atoms with Gasteiger partial charge in [0.05, 0.1) is 0 Å². The molecule has 2 nitrogen and oxygen atoms in total. The van der Waals surface area contributed by atoms with Crippen molar-refractivity contribution in [2.24, 2.45) is 0 Å². The number of hydrogen-bond donors (Lipinski definition) is 0. The number of rotatable bonds is 7. The van der Waals surface area contributed by atoms with Gasteiger partial charge in [0.1, 0.15) is 0 Å². The van der Waals surface area contributed by atoms with Crippen LogP contribution in [0.5, 0.6) is 0 Å². The third kappa shape index (κ3) is 6.39. The van der Waals surface area contributed by atoms with Crippen molar-refractivity contribution in [3.63, 3.8) is 0 Å². The molecule has 0 aromatic heterocycles. The van der Waals surface area contributed by atoms with Crippen molar-refractivity contribution in [2.45, 2.75) is 38.9 Å². The zero-order valence-electron chi connectivity index (χ0n) is 7.93. The summed E-state index contributed by atoms with van der Waals surface area (Å²) in [7, 11) is 3.38. The van der Waals surface area contributed by atoms with Crippen LogP contribution in [0.3, 0.4) is 0 Å². The maximum absolute atomic E-state index is 5.06. The molecule has 0 N–H and O–H groups in total. The van der Waals surface area contributed by atoms with Crippen LogP contribution in [0.25, 0.3) is 0 Å². The standard InChI is InChI=1S/C8H19BO2/c1-4-5-6-7-8-9(10-2)11-3/h4-8H2,1-3H3. The first-order valence-corrected chi connectivity index (χ1v) is 4.40. The molecule has 0 aromatic rings. The van der Waals surface area contributed by atoms with E-state index in [0.717, 1.165) is 6.32 Å². The topological polar surface area (TPSA) is 18.5 Å². The first kappa shape index (κ1) is 11.0. The summed E-state index contributed by atoms with van der Waals surface area (Å²) in [4.78, 5) is 0. The van der Waals surface area contributed by atoms with Gasteiger partial charge in [-0.15, -0.1) is 0 Å². The fraction of sp³-hybridized carbons (Fsp3) is 1.00. The Hall–Kier alpha value is -0.0151. The van der Waals surface area contributed by atoms with Crippen LogP contribution >= 0.6 is 0 Å². The average molecular weight is 158 g/mol. The summed E-state index contributed by atoms with van der Waals surface area (Å²) < 4.78 is 10.1. The van der Waals surface area contributed by atoms with Gasteiger partial charge >= 0.3 is 7.12 Å². The molecule has 0 heterocycles. The largest absolute Gasteiger partial charge is 0.456 e. The van der Waals surface area contributed by atoms with Gasteiger partial charge in [-0.25, -0.2) is 0 Å². The van der Waals surface area contributed by atoms with Crippen LogP contribution in [-0.2, 0) is 9.31 Å². The lowest BCUT2D eigenvalue weighted by Crippen LogP contribution is -2.18. The van der Waals surface area contributed by atoms with E-state index in [2.05, 4.69) is 6.92 Å². The molecular weight excluding hydrogens is 139 g/mol. The Balaban J connectivity index is 3.07. The lowest BCUT2D eigenvalue weighted by Gasteiger charge is -2.06. The lowest BCUT2D eigenvalue weighted by atomic mass is 9.82. The Morgan fingerprint density at radius 1 is 1.00 bits per heavy atom. The minimum Gasteiger partial charge on any atom is -0.414 e. The fourth-order valence-electron chi connectivity index (χ4n) is 1.07. The second kappa shape index (κ2) is 8.09. The zero-order chi connectivity index (χ0) is 8.53. The molecule has 0 aliphatic heterocycles. The average Bonchev–Trinajstić information content (AvgIpc) is 2.05. The molecule has 11 heavy (non-hydrogen) atoms. The van der Waals surface area contributed by atoms with Crippen LogP contribution in [0.15, 0.2) is 0 Å².